The van der Waals surface area contributed by atoms with E-state index in [2.05, 4.69) is 4.98 Å². The zero-order valence-corrected chi connectivity index (χ0v) is 10.5. The molecular weight excluding hydrogens is 288 g/mol. The first kappa shape index (κ1) is 13.8. The average molecular weight is 295 g/mol. The molecular formula is C12H7ClN2O5. The van der Waals surface area contributed by atoms with Gasteiger partial charge in [-0.05, 0) is 12.1 Å². The van der Waals surface area contributed by atoms with Crippen LogP contribution in [0.1, 0.15) is 26.4 Å². The molecule has 102 valence electrons. The number of carboxylic acids is 1. The van der Waals surface area contributed by atoms with Crippen LogP contribution in [0.2, 0.25) is 5.02 Å². The molecule has 2 rings (SSSR count). The highest BCUT2D eigenvalue weighted by molar-refractivity contribution is 6.35. The molecule has 2 N–H and O–H groups in total. The second kappa shape index (κ2) is 5.14. The number of carboxylic acid groups (broad SMARTS) is 1. The molecule has 2 aromatic rings. The van der Waals surface area contributed by atoms with Gasteiger partial charge < -0.3 is 10.1 Å². The highest BCUT2D eigenvalue weighted by Crippen LogP contribution is 2.24. The minimum atomic E-state index is -1.21. The molecule has 0 atom stereocenters. The number of aromatic nitrogens is 1. The average Bonchev–Trinajstić information content (AvgIpc) is 2.88. The number of ketones is 1. The first-order valence-corrected chi connectivity index (χ1v) is 5.68. The summed E-state index contributed by atoms with van der Waals surface area (Å²) in [4.78, 5) is 35.3. The van der Waals surface area contributed by atoms with Crippen LogP contribution in [0.4, 0.5) is 5.69 Å². The summed E-state index contributed by atoms with van der Waals surface area (Å²) in [5.41, 5.74) is -0.428. The predicted octanol–water partition coefficient (Wildman–Crippen LogP) is 2.51. The van der Waals surface area contributed by atoms with Crippen molar-refractivity contribution in [3.8, 4) is 0 Å². The van der Waals surface area contributed by atoms with Crippen molar-refractivity contribution >= 4 is 29.0 Å². The van der Waals surface area contributed by atoms with Crippen LogP contribution < -0.4 is 0 Å². The van der Waals surface area contributed by atoms with Gasteiger partial charge in [0.1, 0.15) is 5.69 Å². The molecule has 0 bridgehead atoms. The lowest BCUT2D eigenvalue weighted by molar-refractivity contribution is -0.384. The van der Waals surface area contributed by atoms with Gasteiger partial charge in [-0.1, -0.05) is 11.6 Å². The van der Waals surface area contributed by atoms with Crippen LogP contribution in [0.25, 0.3) is 0 Å². The molecule has 0 saturated heterocycles. The summed E-state index contributed by atoms with van der Waals surface area (Å²) < 4.78 is 0. The van der Waals surface area contributed by atoms with E-state index in [1.54, 1.807) is 0 Å². The number of nitrogens with zero attached hydrogens (tertiary/aromatic N) is 1. The maximum atomic E-state index is 12.2. The summed E-state index contributed by atoms with van der Waals surface area (Å²) in [5.74, 6) is -1.81. The number of aromatic amines is 1. The predicted molar refractivity (Wildman–Crippen MR) is 69.3 cm³/mol. The van der Waals surface area contributed by atoms with E-state index in [9.17, 15) is 19.7 Å². The fraction of sp³-hybridized carbons (Fsp3) is 0. The fourth-order valence-corrected chi connectivity index (χ4v) is 1.81. The molecule has 0 aliphatic heterocycles. The summed E-state index contributed by atoms with van der Waals surface area (Å²) in [7, 11) is 0. The van der Waals surface area contributed by atoms with Crippen molar-refractivity contribution in [2.75, 3.05) is 0 Å². The number of carbonyl (C=O) groups excluding carboxylic acids is 1. The number of hydrogen-bond donors (Lipinski definition) is 2. The van der Waals surface area contributed by atoms with Crippen LogP contribution in [0.3, 0.4) is 0 Å². The summed E-state index contributed by atoms with van der Waals surface area (Å²) in [6.07, 6.45) is 1.21. The molecule has 1 aromatic heterocycles. The number of carbonyl (C=O) groups is 2. The largest absolute Gasteiger partial charge is 0.477 e. The lowest BCUT2D eigenvalue weighted by atomic mass is 10.1. The Hall–Kier alpha value is -2.67. The zero-order valence-electron chi connectivity index (χ0n) is 9.79. The van der Waals surface area contributed by atoms with E-state index in [-0.39, 0.29) is 27.5 Å². The van der Waals surface area contributed by atoms with E-state index in [0.717, 1.165) is 12.1 Å². The highest BCUT2D eigenvalue weighted by Gasteiger charge is 2.19. The summed E-state index contributed by atoms with van der Waals surface area (Å²) in [5, 5.41) is 19.5. The van der Waals surface area contributed by atoms with Gasteiger partial charge in [0.05, 0.1) is 9.95 Å². The first-order valence-electron chi connectivity index (χ1n) is 5.30. The topological polar surface area (TPSA) is 113 Å². The van der Waals surface area contributed by atoms with Crippen molar-refractivity contribution < 1.29 is 19.6 Å². The van der Waals surface area contributed by atoms with Crippen LogP contribution in [-0.4, -0.2) is 26.8 Å². The minimum absolute atomic E-state index is 0.0543. The van der Waals surface area contributed by atoms with E-state index >= 15 is 0 Å². The maximum absolute atomic E-state index is 12.2. The molecule has 20 heavy (non-hydrogen) atoms. The number of nitro groups is 1. The Labute approximate surface area is 117 Å². The lowest BCUT2D eigenvalue weighted by Gasteiger charge is -2.01. The Morgan fingerprint density at radius 1 is 1.30 bits per heavy atom. The van der Waals surface area contributed by atoms with Crippen molar-refractivity contribution in [2.24, 2.45) is 0 Å². The number of halogens is 1. The molecule has 1 heterocycles. The van der Waals surface area contributed by atoms with E-state index in [4.69, 9.17) is 16.7 Å². The normalized spacial score (nSPS) is 10.2. The van der Waals surface area contributed by atoms with Crippen molar-refractivity contribution in [2.45, 2.75) is 0 Å². The zero-order chi connectivity index (χ0) is 14.9. The Kier molecular flexibility index (Phi) is 3.53. The molecule has 0 fully saturated rings. The van der Waals surface area contributed by atoms with Crippen LogP contribution >= 0.6 is 11.6 Å². The quantitative estimate of drug-likeness (QED) is 0.511. The number of non-ortho nitro benzene ring substituents is 1. The molecule has 0 aliphatic carbocycles. The van der Waals surface area contributed by atoms with Crippen molar-refractivity contribution in [1.29, 1.82) is 0 Å². The van der Waals surface area contributed by atoms with Gasteiger partial charge in [-0.25, -0.2) is 4.79 Å². The van der Waals surface area contributed by atoms with Gasteiger partial charge in [-0.15, -0.1) is 0 Å². The number of nitrogens with one attached hydrogen (secondary N) is 1. The number of benzene rings is 1. The summed E-state index contributed by atoms with van der Waals surface area (Å²) in [6, 6.07) is 4.62. The van der Waals surface area contributed by atoms with Crippen LogP contribution in [0, 0.1) is 10.1 Å². The van der Waals surface area contributed by atoms with E-state index in [0.29, 0.717) is 0 Å². The Morgan fingerprint density at radius 3 is 2.55 bits per heavy atom. The molecule has 0 radical (unpaired) electrons. The molecule has 8 heteroatoms. The van der Waals surface area contributed by atoms with Gasteiger partial charge in [0.2, 0.25) is 0 Å². The van der Waals surface area contributed by atoms with E-state index in [1.165, 1.54) is 18.3 Å². The number of nitro benzene ring substituents is 1. The number of H-pyrrole nitrogens is 1. The smallest absolute Gasteiger partial charge is 0.352 e. The highest BCUT2D eigenvalue weighted by atomic mass is 35.5. The monoisotopic (exact) mass is 294 g/mol. The van der Waals surface area contributed by atoms with Gasteiger partial charge in [0.25, 0.3) is 5.69 Å². The summed E-state index contributed by atoms with van der Waals surface area (Å²) >= 11 is 5.85. The van der Waals surface area contributed by atoms with Gasteiger partial charge in [0, 0.05) is 29.5 Å². The van der Waals surface area contributed by atoms with Crippen molar-refractivity contribution in [1.82, 2.24) is 4.98 Å². The van der Waals surface area contributed by atoms with Crippen LogP contribution in [0.5, 0.6) is 0 Å². The molecule has 0 saturated carbocycles. The number of aromatic carboxylic acids is 1. The SMILES string of the molecule is O=C(O)c1cc(C(=O)c2cc([N+](=O)[O-])ccc2Cl)c[nH]1. The van der Waals surface area contributed by atoms with E-state index in [1.807, 2.05) is 0 Å². The molecule has 0 aliphatic rings. The van der Waals surface area contributed by atoms with Crippen molar-refractivity contribution in [3.63, 3.8) is 0 Å². The molecule has 0 amide bonds. The Morgan fingerprint density at radius 2 is 2.00 bits per heavy atom. The number of rotatable bonds is 4. The van der Waals surface area contributed by atoms with Gasteiger partial charge in [-0.2, -0.15) is 0 Å². The standard InChI is InChI=1S/C12H7ClN2O5/c13-9-2-1-7(15(19)20)4-8(9)11(16)6-3-10(12(17)18)14-5-6/h1-5,14H,(H,17,18). The van der Waals surface area contributed by atoms with Crippen LogP contribution in [-0.2, 0) is 0 Å². The second-order valence-corrected chi connectivity index (χ2v) is 4.26. The van der Waals surface area contributed by atoms with Gasteiger partial charge in [0.15, 0.2) is 5.78 Å². The fourth-order valence-electron chi connectivity index (χ4n) is 1.61. The summed E-state index contributed by atoms with van der Waals surface area (Å²) in [6.45, 7) is 0. The molecule has 0 unspecified atom stereocenters. The molecule has 7 nitrogen and oxygen atoms in total. The lowest BCUT2D eigenvalue weighted by Crippen LogP contribution is -2.02. The first-order chi connectivity index (χ1) is 9.40. The molecule has 1 aromatic carbocycles. The van der Waals surface area contributed by atoms with Gasteiger partial charge in [-0.3, -0.25) is 14.9 Å². The minimum Gasteiger partial charge on any atom is -0.477 e. The third-order valence-corrected chi connectivity index (χ3v) is 2.91. The van der Waals surface area contributed by atoms with E-state index < -0.39 is 16.7 Å². The number of hydrogen-bond acceptors (Lipinski definition) is 4. The molecule has 0 spiro atoms. The van der Waals surface area contributed by atoms with Gasteiger partial charge >= 0.3 is 5.97 Å². The Bertz CT molecular complexity index is 722. The third-order valence-electron chi connectivity index (χ3n) is 2.58. The second-order valence-electron chi connectivity index (χ2n) is 3.86. The Balaban J connectivity index is 2.44. The van der Waals surface area contributed by atoms with Crippen molar-refractivity contribution in [3.05, 3.63) is 62.4 Å². The van der Waals surface area contributed by atoms with Crippen LogP contribution in [0.15, 0.2) is 30.5 Å². The maximum Gasteiger partial charge on any atom is 0.352 e. The third kappa shape index (κ3) is 2.52.